The van der Waals surface area contributed by atoms with E-state index in [1.165, 1.54) is 11.8 Å². The Kier molecular flexibility index (Phi) is 6.32. The van der Waals surface area contributed by atoms with E-state index in [-0.39, 0.29) is 24.2 Å². The van der Waals surface area contributed by atoms with Gasteiger partial charge in [-0.1, -0.05) is 12.8 Å². The molecule has 2 aliphatic rings. The molecule has 0 aromatic heterocycles. The fourth-order valence-corrected chi connectivity index (χ4v) is 3.56. The third-order valence-corrected chi connectivity index (χ3v) is 5.01. The highest BCUT2D eigenvalue weighted by Gasteiger charge is 2.34. The third kappa shape index (κ3) is 4.86. The number of carbonyl (C=O) groups is 2. The number of thioether (sulfide) groups is 1. The van der Waals surface area contributed by atoms with Gasteiger partial charge in [-0.3, -0.25) is 9.59 Å². The van der Waals surface area contributed by atoms with Crippen LogP contribution in [-0.2, 0) is 14.3 Å². The molecule has 1 heterocycles. The molecule has 0 aromatic rings. The van der Waals surface area contributed by atoms with Crippen molar-refractivity contribution in [1.82, 2.24) is 10.2 Å². The molecular weight excluding hydrogens is 292 g/mol. The van der Waals surface area contributed by atoms with Crippen LogP contribution in [0.4, 0.5) is 0 Å². The average molecular weight is 316 g/mol. The standard InChI is InChI=1S/C14H24N2O4S/c17-11-14(3-1-2-4-14)15-12(18)9-21-10-13(19)16-5-7-20-8-6-16/h17H,1-11H2,(H,15,18). The summed E-state index contributed by atoms with van der Waals surface area (Å²) in [4.78, 5) is 25.6. The predicted octanol–water partition coefficient (Wildman–Crippen LogP) is -0.000300. The molecule has 2 N–H and O–H groups in total. The van der Waals surface area contributed by atoms with Gasteiger partial charge in [0.25, 0.3) is 0 Å². The second-order valence-electron chi connectivity index (χ2n) is 5.68. The topological polar surface area (TPSA) is 78.9 Å². The van der Waals surface area contributed by atoms with Crippen LogP contribution in [0.25, 0.3) is 0 Å². The van der Waals surface area contributed by atoms with Crippen molar-refractivity contribution in [3.63, 3.8) is 0 Å². The van der Waals surface area contributed by atoms with Crippen molar-refractivity contribution in [2.75, 3.05) is 44.4 Å². The van der Waals surface area contributed by atoms with Crippen LogP contribution in [0.5, 0.6) is 0 Å². The Hall–Kier alpha value is -0.790. The minimum absolute atomic E-state index is 0.00385. The van der Waals surface area contributed by atoms with Gasteiger partial charge < -0.3 is 20.1 Å². The summed E-state index contributed by atoms with van der Waals surface area (Å²) < 4.78 is 5.20. The van der Waals surface area contributed by atoms with Crippen LogP contribution in [-0.4, -0.2) is 71.8 Å². The first-order valence-corrected chi connectivity index (χ1v) is 8.66. The summed E-state index contributed by atoms with van der Waals surface area (Å²) in [5.41, 5.74) is -0.425. The van der Waals surface area contributed by atoms with Gasteiger partial charge >= 0.3 is 0 Å². The Balaban J connectivity index is 1.65. The number of hydrogen-bond acceptors (Lipinski definition) is 5. The zero-order chi connectivity index (χ0) is 15.1. The van der Waals surface area contributed by atoms with E-state index < -0.39 is 5.54 Å². The monoisotopic (exact) mass is 316 g/mol. The summed E-state index contributed by atoms with van der Waals surface area (Å²) in [6.45, 7) is 2.46. The molecule has 120 valence electrons. The lowest BCUT2D eigenvalue weighted by Gasteiger charge is -2.28. The van der Waals surface area contributed by atoms with Crippen molar-refractivity contribution in [3.05, 3.63) is 0 Å². The number of nitrogens with zero attached hydrogens (tertiary/aromatic N) is 1. The van der Waals surface area contributed by atoms with Crippen LogP contribution in [0.2, 0.25) is 0 Å². The van der Waals surface area contributed by atoms with Crippen molar-refractivity contribution in [1.29, 1.82) is 0 Å². The zero-order valence-corrected chi connectivity index (χ0v) is 13.1. The molecule has 1 aliphatic heterocycles. The Bertz CT molecular complexity index is 366. The van der Waals surface area contributed by atoms with Crippen LogP contribution in [0.15, 0.2) is 0 Å². The highest BCUT2D eigenvalue weighted by molar-refractivity contribution is 8.00. The van der Waals surface area contributed by atoms with Crippen molar-refractivity contribution < 1.29 is 19.4 Å². The number of carbonyl (C=O) groups excluding carboxylic acids is 2. The van der Waals surface area contributed by atoms with Crippen molar-refractivity contribution >= 4 is 23.6 Å². The van der Waals surface area contributed by atoms with Gasteiger partial charge in [-0.05, 0) is 12.8 Å². The van der Waals surface area contributed by atoms with E-state index in [2.05, 4.69) is 5.32 Å². The summed E-state index contributed by atoms with van der Waals surface area (Å²) in [6, 6.07) is 0. The number of morpholine rings is 1. The normalized spacial score (nSPS) is 21.3. The van der Waals surface area contributed by atoms with Gasteiger partial charge in [-0.2, -0.15) is 0 Å². The van der Waals surface area contributed by atoms with Crippen molar-refractivity contribution in [2.24, 2.45) is 0 Å². The predicted molar refractivity (Wildman–Crippen MR) is 81.2 cm³/mol. The van der Waals surface area contributed by atoms with Crippen molar-refractivity contribution in [3.8, 4) is 0 Å². The third-order valence-electron chi connectivity index (χ3n) is 4.09. The maximum Gasteiger partial charge on any atom is 0.232 e. The van der Waals surface area contributed by atoms with E-state index >= 15 is 0 Å². The first-order valence-electron chi connectivity index (χ1n) is 7.50. The van der Waals surface area contributed by atoms with Gasteiger partial charge in [-0.25, -0.2) is 0 Å². The van der Waals surface area contributed by atoms with Gasteiger partial charge in [0.15, 0.2) is 0 Å². The van der Waals surface area contributed by atoms with E-state index in [0.29, 0.717) is 32.1 Å². The lowest BCUT2D eigenvalue weighted by Crippen LogP contribution is -2.50. The summed E-state index contributed by atoms with van der Waals surface area (Å²) >= 11 is 1.33. The largest absolute Gasteiger partial charge is 0.394 e. The Morgan fingerprint density at radius 2 is 1.86 bits per heavy atom. The molecule has 0 unspecified atom stereocenters. The Morgan fingerprint density at radius 3 is 2.48 bits per heavy atom. The fraction of sp³-hybridized carbons (Fsp3) is 0.857. The SMILES string of the molecule is O=C(CSCC(=O)N1CCOCC1)NC1(CO)CCCC1. The molecule has 1 saturated heterocycles. The number of rotatable bonds is 6. The highest BCUT2D eigenvalue weighted by Crippen LogP contribution is 2.29. The van der Waals surface area contributed by atoms with Crippen molar-refractivity contribution in [2.45, 2.75) is 31.2 Å². The number of hydrogen-bond donors (Lipinski definition) is 2. The van der Waals surface area contributed by atoms with Gasteiger partial charge in [-0.15, -0.1) is 11.8 Å². The quantitative estimate of drug-likeness (QED) is 0.721. The number of nitrogens with one attached hydrogen (secondary N) is 1. The second-order valence-corrected chi connectivity index (χ2v) is 6.67. The van der Waals surface area contributed by atoms with Gasteiger partial charge in [0.05, 0.1) is 36.9 Å². The molecule has 6 nitrogen and oxygen atoms in total. The molecule has 21 heavy (non-hydrogen) atoms. The first kappa shape index (κ1) is 16.6. The number of aliphatic hydroxyl groups excluding tert-OH is 1. The first-order chi connectivity index (χ1) is 10.2. The van der Waals surface area contributed by atoms with Gasteiger partial charge in [0.2, 0.25) is 11.8 Å². The lowest BCUT2D eigenvalue weighted by molar-refractivity contribution is -0.132. The Labute approximate surface area is 129 Å². The minimum atomic E-state index is -0.425. The molecule has 0 radical (unpaired) electrons. The molecule has 0 aromatic carbocycles. The number of aliphatic hydroxyl groups is 1. The molecular formula is C14H24N2O4S. The highest BCUT2D eigenvalue weighted by atomic mass is 32.2. The molecule has 0 bridgehead atoms. The van der Waals surface area contributed by atoms with E-state index in [1.807, 2.05) is 0 Å². The van der Waals surface area contributed by atoms with Gasteiger partial charge in [0, 0.05) is 13.1 Å². The second kappa shape index (κ2) is 8.00. The summed E-state index contributed by atoms with van der Waals surface area (Å²) in [5, 5.41) is 12.4. The smallest absolute Gasteiger partial charge is 0.232 e. The van der Waals surface area contributed by atoms with Gasteiger partial charge in [0.1, 0.15) is 0 Å². The summed E-state index contributed by atoms with van der Waals surface area (Å²) in [6.07, 6.45) is 3.77. The van der Waals surface area contributed by atoms with Crippen LogP contribution in [0.3, 0.4) is 0 Å². The van der Waals surface area contributed by atoms with Crippen LogP contribution in [0, 0.1) is 0 Å². The number of amides is 2. The molecule has 2 rings (SSSR count). The molecule has 0 atom stereocenters. The lowest BCUT2D eigenvalue weighted by atomic mass is 9.99. The molecule has 7 heteroatoms. The molecule has 2 amide bonds. The summed E-state index contributed by atoms with van der Waals surface area (Å²) in [7, 11) is 0. The zero-order valence-electron chi connectivity index (χ0n) is 12.3. The van der Waals surface area contributed by atoms with Crippen LogP contribution >= 0.6 is 11.8 Å². The maximum atomic E-state index is 11.9. The minimum Gasteiger partial charge on any atom is -0.394 e. The summed E-state index contributed by atoms with van der Waals surface area (Å²) in [5.74, 6) is 0.553. The van der Waals surface area contributed by atoms with Crippen LogP contribution < -0.4 is 5.32 Å². The average Bonchev–Trinajstić information content (AvgIpc) is 2.97. The molecule has 2 fully saturated rings. The molecule has 1 saturated carbocycles. The maximum absolute atomic E-state index is 11.9. The van der Waals surface area contributed by atoms with E-state index in [1.54, 1.807) is 4.90 Å². The van der Waals surface area contributed by atoms with E-state index in [4.69, 9.17) is 4.74 Å². The number of ether oxygens (including phenoxy) is 1. The molecule has 1 aliphatic carbocycles. The Morgan fingerprint density at radius 1 is 1.19 bits per heavy atom. The molecule has 0 spiro atoms. The van der Waals surface area contributed by atoms with E-state index in [9.17, 15) is 14.7 Å². The van der Waals surface area contributed by atoms with E-state index in [0.717, 1.165) is 25.7 Å². The van der Waals surface area contributed by atoms with Crippen LogP contribution in [0.1, 0.15) is 25.7 Å². The fourth-order valence-electron chi connectivity index (χ4n) is 2.84.